The van der Waals surface area contributed by atoms with Gasteiger partial charge in [-0.15, -0.1) is 0 Å². The number of phenolic OH excluding ortho intramolecular Hbond substituents is 1. The van der Waals surface area contributed by atoms with E-state index < -0.39 is 11.5 Å². The molecule has 1 aromatic rings. The zero-order valence-electron chi connectivity index (χ0n) is 9.77. The van der Waals surface area contributed by atoms with E-state index in [1.807, 2.05) is 0 Å². The maximum atomic E-state index is 11.2. The van der Waals surface area contributed by atoms with Crippen LogP contribution in [0.4, 0.5) is 0 Å². The van der Waals surface area contributed by atoms with Crippen LogP contribution in [0.2, 0.25) is 0 Å². The number of carboxylic acids is 1. The fourth-order valence-corrected chi connectivity index (χ4v) is 1.44. The maximum Gasteiger partial charge on any atom is 0.324 e. The number of likely N-dealkylation sites (N-methyl/N-ethyl adjacent to an activating group) is 1. The van der Waals surface area contributed by atoms with Crippen LogP contribution in [0.1, 0.15) is 12.5 Å². The number of rotatable bonds is 4. The van der Waals surface area contributed by atoms with Crippen molar-refractivity contribution in [2.75, 3.05) is 14.1 Å². The number of carboxylic acid groups (broad SMARTS) is 1. The van der Waals surface area contributed by atoms with Gasteiger partial charge in [0.1, 0.15) is 11.3 Å². The zero-order valence-corrected chi connectivity index (χ0v) is 9.77. The van der Waals surface area contributed by atoms with Crippen molar-refractivity contribution in [3.63, 3.8) is 0 Å². The van der Waals surface area contributed by atoms with E-state index in [-0.39, 0.29) is 5.75 Å². The number of carbonyl (C=O) groups is 1. The van der Waals surface area contributed by atoms with Gasteiger partial charge in [0.05, 0.1) is 0 Å². The fraction of sp³-hybridized carbons (Fsp3) is 0.417. The number of nitrogens with zero attached hydrogens (tertiary/aromatic N) is 1. The van der Waals surface area contributed by atoms with Crippen LogP contribution in [-0.2, 0) is 11.2 Å². The first-order valence-electron chi connectivity index (χ1n) is 5.05. The average Bonchev–Trinajstić information content (AvgIpc) is 2.20. The molecule has 2 N–H and O–H groups in total. The number of benzene rings is 1. The SMILES string of the molecule is CN(C)C(C)(Cc1ccc(O)cc1)C(=O)O. The first kappa shape index (κ1) is 12.5. The highest BCUT2D eigenvalue weighted by Gasteiger charge is 2.35. The molecule has 0 spiro atoms. The second kappa shape index (κ2) is 4.53. The molecule has 0 amide bonds. The third-order valence-corrected chi connectivity index (χ3v) is 2.93. The topological polar surface area (TPSA) is 60.8 Å². The van der Waals surface area contributed by atoms with Crippen LogP contribution in [0.5, 0.6) is 5.75 Å². The highest BCUT2D eigenvalue weighted by atomic mass is 16.4. The zero-order chi connectivity index (χ0) is 12.3. The number of hydrogen-bond acceptors (Lipinski definition) is 3. The third kappa shape index (κ3) is 2.52. The average molecular weight is 223 g/mol. The predicted molar refractivity (Wildman–Crippen MR) is 61.5 cm³/mol. The largest absolute Gasteiger partial charge is 0.508 e. The van der Waals surface area contributed by atoms with Crippen molar-refractivity contribution in [1.29, 1.82) is 0 Å². The van der Waals surface area contributed by atoms with Crippen molar-refractivity contribution in [3.8, 4) is 5.75 Å². The van der Waals surface area contributed by atoms with Gasteiger partial charge in [0, 0.05) is 6.42 Å². The quantitative estimate of drug-likeness (QED) is 0.808. The van der Waals surface area contributed by atoms with E-state index in [1.165, 1.54) is 0 Å². The molecule has 0 aliphatic rings. The molecule has 88 valence electrons. The van der Waals surface area contributed by atoms with E-state index >= 15 is 0 Å². The Hall–Kier alpha value is -1.55. The molecule has 0 aliphatic heterocycles. The van der Waals surface area contributed by atoms with Crippen LogP contribution >= 0.6 is 0 Å². The van der Waals surface area contributed by atoms with Gasteiger partial charge in [0.25, 0.3) is 0 Å². The Kier molecular flexibility index (Phi) is 3.55. The molecule has 16 heavy (non-hydrogen) atoms. The van der Waals surface area contributed by atoms with E-state index in [2.05, 4.69) is 0 Å². The van der Waals surface area contributed by atoms with Crippen LogP contribution < -0.4 is 0 Å². The lowest BCUT2D eigenvalue weighted by Gasteiger charge is -2.32. The smallest absolute Gasteiger partial charge is 0.324 e. The first-order valence-corrected chi connectivity index (χ1v) is 5.05. The Bertz CT molecular complexity index is 372. The second-order valence-electron chi connectivity index (χ2n) is 4.32. The molecule has 1 rings (SSSR count). The predicted octanol–water partition coefficient (Wildman–Crippen LogP) is 1.34. The van der Waals surface area contributed by atoms with Crippen molar-refractivity contribution in [2.24, 2.45) is 0 Å². The Morgan fingerprint density at radius 2 is 1.81 bits per heavy atom. The summed E-state index contributed by atoms with van der Waals surface area (Å²) in [5, 5.41) is 18.4. The molecule has 0 fully saturated rings. The van der Waals surface area contributed by atoms with Crippen molar-refractivity contribution < 1.29 is 15.0 Å². The van der Waals surface area contributed by atoms with Crippen LogP contribution in [0, 0.1) is 0 Å². The molecule has 1 unspecified atom stereocenters. The van der Waals surface area contributed by atoms with E-state index in [1.54, 1.807) is 50.2 Å². The minimum absolute atomic E-state index is 0.186. The van der Waals surface area contributed by atoms with E-state index in [0.29, 0.717) is 6.42 Å². The summed E-state index contributed by atoms with van der Waals surface area (Å²) in [5.41, 5.74) is -0.0480. The molecule has 1 atom stereocenters. The van der Waals surface area contributed by atoms with E-state index in [4.69, 9.17) is 5.11 Å². The monoisotopic (exact) mass is 223 g/mol. The lowest BCUT2D eigenvalue weighted by molar-refractivity contribution is -0.148. The number of hydrogen-bond donors (Lipinski definition) is 2. The molecule has 0 saturated heterocycles. The molecular weight excluding hydrogens is 206 g/mol. The number of aromatic hydroxyl groups is 1. The molecule has 0 aromatic heterocycles. The normalized spacial score (nSPS) is 14.8. The van der Waals surface area contributed by atoms with Gasteiger partial charge in [-0.2, -0.15) is 0 Å². The summed E-state index contributed by atoms with van der Waals surface area (Å²) in [6.07, 6.45) is 0.398. The maximum absolute atomic E-state index is 11.2. The van der Waals surface area contributed by atoms with E-state index in [0.717, 1.165) is 5.56 Å². The van der Waals surface area contributed by atoms with Gasteiger partial charge in [-0.1, -0.05) is 12.1 Å². The molecule has 0 aliphatic carbocycles. The molecule has 4 nitrogen and oxygen atoms in total. The molecule has 0 heterocycles. The molecule has 0 radical (unpaired) electrons. The summed E-state index contributed by atoms with van der Waals surface area (Å²) in [6, 6.07) is 6.60. The summed E-state index contributed by atoms with van der Waals surface area (Å²) in [7, 11) is 3.49. The first-order chi connectivity index (χ1) is 7.36. The van der Waals surface area contributed by atoms with Gasteiger partial charge in [-0.05, 0) is 38.7 Å². The lowest BCUT2D eigenvalue weighted by Crippen LogP contribution is -2.50. The highest BCUT2D eigenvalue weighted by molar-refractivity contribution is 5.78. The Balaban J connectivity index is 2.93. The molecule has 0 saturated carbocycles. The van der Waals surface area contributed by atoms with Gasteiger partial charge in [-0.25, -0.2) is 0 Å². The lowest BCUT2D eigenvalue weighted by atomic mass is 9.92. The molecule has 0 bridgehead atoms. The Morgan fingerprint density at radius 3 is 2.19 bits per heavy atom. The number of aliphatic carboxylic acids is 1. The van der Waals surface area contributed by atoms with Crippen LogP contribution in [0.15, 0.2) is 24.3 Å². The van der Waals surface area contributed by atoms with Crippen molar-refractivity contribution >= 4 is 5.97 Å². The third-order valence-electron chi connectivity index (χ3n) is 2.93. The van der Waals surface area contributed by atoms with Gasteiger partial charge in [-0.3, -0.25) is 9.69 Å². The molecular formula is C12H17NO3. The summed E-state index contributed by atoms with van der Waals surface area (Å²) in [6.45, 7) is 1.68. The van der Waals surface area contributed by atoms with Gasteiger partial charge in [0.2, 0.25) is 0 Å². The minimum Gasteiger partial charge on any atom is -0.508 e. The van der Waals surface area contributed by atoms with Gasteiger partial charge >= 0.3 is 5.97 Å². The van der Waals surface area contributed by atoms with Crippen LogP contribution in [-0.4, -0.2) is 40.7 Å². The number of phenols is 1. The Labute approximate surface area is 95.1 Å². The van der Waals surface area contributed by atoms with Crippen molar-refractivity contribution in [1.82, 2.24) is 4.90 Å². The summed E-state index contributed by atoms with van der Waals surface area (Å²) < 4.78 is 0. The van der Waals surface area contributed by atoms with Crippen molar-refractivity contribution in [2.45, 2.75) is 18.9 Å². The van der Waals surface area contributed by atoms with Crippen LogP contribution in [0.25, 0.3) is 0 Å². The van der Waals surface area contributed by atoms with Crippen molar-refractivity contribution in [3.05, 3.63) is 29.8 Å². The molecule has 1 aromatic carbocycles. The minimum atomic E-state index is -0.934. The second-order valence-corrected chi connectivity index (χ2v) is 4.32. The standard InChI is InChI=1S/C12H17NO3/c1-12(11(15)16,13(2)3)8-9-4-6-10(14)7-5-9/h4-7,14H,8H2,1-3H3,(H,15,16). The summed E-state index contributed by atoms with van der Waals surface area (Å²) in [4.78, 5) is 12.9. The van der Waals surface area contributed by atoms with E-state index in [9.17, 15) is 9.90 Å². The highest BCUT2D eigenvalue weighted by Crippen LogP contribution is 2.20. The summed E-state index contributed by atoms with van der Waals surface area (Å²) in [5.74, 6) is -0.670. The van der Waals surface area contributed by atoms with Gasteiger partial charge in [0.15, 0.2) is 0 Å². The Morgan fingerprint density at radius 1 is 1.31 bits per heavy atom. The van der Waals surface area contributed by atoms with Crippen LogP contribution in [0.3, 0.4) is 0 Å². The fourth-order valence-electron chi connectivity index (χ4n) is 1.44. The molecule has 4 heteroatoms. The summed E-state index contributed by atoms with van der Waals surface area (Å²) >= 11 is 0. The van der Waals surface area contributed by atoms with Gasteiger partial charge < -0.3 is 10.2 Å².